The van der Waals surface area contributed by atoms with Crippen LogP contribution in [0.1, 0.15) is 25.7 Å². The smallest absolute Gasteiger partial charge is 0.406 e. The third-order valence-corrected chi connectivity index (χ3v) is 4.15. The van der Waals surface area contributed by atoms with Crippen LogP contribution in [-0.2, 0) is 6.54 Å². The lowest BCUT2D eigenvalue weighted by molar-refractivity contribution is -0.274. The van der Waals surface area contributed by atoms with Crippen molar-refractivity contribution in [3.8, 4) is 5.75 Å². The maximum absolute atomic E-state index is 12.0. The Bertz CT molecular complexity index is 643. The van der Waals surface area contributed by atoms with Gasteiger partial charge in [-0.15, -0.1) is 24.5 Å². The first-order valence-electron chi connectivity index (χ1n) is 6.44. The number of amides is 1. The molecule has 0 spiro atoms. The van der Waals surface area contributed by atoms with Crippen LogP contribution in [-0.4, -0.2) is 12.3 Å². The predicted molar refractivity (Wildman–Crippen MR) is 78.1 cm³/mol. The van der Waals surface area contributed by atoms with E-state index in [0.29, 0.717) is 10.4 Å². The van der Waals surface area contributed by atoms with Crippen molar-refractivity contribution in [2.45, 2.75) is 26.8 Å². The molecule has 1 amide bonds. The fraction of sp³-hybridized carbons (Fsp3) is 0.267. The Kier molecular flexibility index (Phi) is 4.75. The summed E-state index contributed by atoms with van der Waals surface area (Å²) in [4.78, 5) is 13.7. The molecule has 0 bridgehead atoms. The lowest BCUT2D eigenvalue weighted by Gasteiger charge is -2.09. The number of alkyl halides is 3. The Morgan fingerprint density at radius 2 is 1.86 bits per heavy atom. The van der Waals surface area contributed by atoms with E-state index in [1.54, 1.807) is 0 Å². The molecule has 0 saturated heterocycles. The summed E-state index contributed by atoms with van der Waals surface area (Å²) in [5, 5.41) is 2.73. The highest BCUT2D eigenvalue weighted by molar-refractivity contribution is 7.14. The van der Waals surface area contributed by atoms with Crippen molar-refractivity contribution in [3.05, 3.63) is 51.2 Å². The molecule has 1 heterocycles. The fourth-order valence-corrected chi connectivity index (χ4v) is 2.71. The van der Waals surface area contributed by atoms with Gasteiger partial charge in [0.1, 0.15) is 5.75 Å². The first-order valence-corrected chi connectivity index (χ1v) is 7.26. The number of nitrogens with one attached hydrogen (secondary N) is 1. The molecule has 0 aliphatic carbocycles. The summed E-state index contributed by atoms with van der Waals surface area (Å²) < 4.78 is 39.9. The molecular formula is C15H14F3NO2S. The lowest BCUT2D eigenvalue weighted by Crippen LogP contribution is -2.21. The molecule has 0 atom stereocenters. The van der Waals surface area contributed by atoms with E-state index in [1.165, 1.54) is 35.6 Å². The van der Waals surface area contributed by atoms with E-state index < -0.39 is 6.36 Å². The lowest BCUT2D eigenvalue weighted by atomic mass is 10.2. The van der Waals surface area contributed by atoms with Gasteiger partial charge in [0.25, 0.3) is 5.91 Å². The molecule has 0 aliphatic heterocycles. The second-order valence-corrected chi connectivity index (χ2v) is 5.98. The Morgan fingerprint density at radius 1 is 1.23 bits per heavy atom. The molecule has 2 rings (SSSR count). The van der Waals surface area contributed by atoms with Gasteiger partial charge in [-0.25, -0.2) is 0 Å². The van der Waals surface area contributed by atoms with Crippen LogP contribution in [0.5, 0.6) is 5.75 Å². The quantitative estimate of drug-likeness (QED) is 0.913. The molecular weight excluding hydrogens is 315 g/mol. The van der Waals surface area contributed by atoms with Gasteiger partial charge in [-0.1, -0.05) is 12.1 Å². The van der Waals surface area contributed by atoms with Gasteiger partial charge in [-0.3, -0.25) is 4.79 Å². The molecule has 0 saturated carbocycles. The van der Waals surface area contributed by atoms with E-state index in [1.807, 2.05) is 19.9 Å². The van der Waals surface area contributed by atoms with Crippen LogP contribution in [0.4, 0.5) is 13.2 Å². The topological polar surface area (TPSA) is 38.3 Å². The molecule has 3 nitrogen and oxygen atoms in total. The molecule has 22 heavy (non-hydrogen) atoms. The predicted octanol–water partition coefficient (Wildman–Crippen LogP) is 4.19. The highest BCUT2D eigenvalue weighted by Crippen LogP contribution is 2.23. The molecule has 0 radical (unpaired) electrons. The molecule has 0 aliphatic rings. The van der Waals surface area contributed by atoms with Gasteiger partial charge in [0.05, 0.1) is 4.88 Å². The van der Waals surface area contributed by atoms with Gasteiger partial charge >= 0.3 is 6.36 Å². The highest BCUT2D eigenvalue weighted by Gasteiger charge is 2.30. The summed E-state index contributed by atoms with van der Waals surface area (Å²) in [6.07, 6.45) is -4.70. The number of carbonyl (C=O) groups excluding carboxylic acids is 1. The van der Waals surface area contributed by atoms with E-state index >= 15 is 0 Å². The molecule has 118 valence electrons. The minimum Gasteiger partial charge on any atom is -0.406 e. The normalized spacial score (nSPS) is 11.3. The molecule has 1 N–H and O–H groups in total. The first-order chi connectivity index (χ1) is 10.2. The maximum atomic E-state index is 12.0. The second kappa shape index (κ2) is 6.39. The number of rotatable bonds is 4. The fourth-order valence-electron chi connectivity index (χ4n) is 1.76. The zero-order chi connectivity index (χ0) is 16.3. The van der Waals surface area contributed by atoms with E-state index in [-0.39, 0.29) is 18.2 Å². The zero-order valence-corrected chi connectivity index (χ0v) is 12.8. The minimum absolute atomic E-state index is 0.197. The molecule has 0 fully saturated rings. The Balaban J connectivity index is 1.93. The van der Waals surface area contributed by atoms with Crippen LogP contribution in [0.2, 0.25) is 0 Å². The number of halogens is 3. The number of thiophene rings is 1. The van der Waals surface area contributed by atoms with Gasteiger partial charge in [-0.2, -0.15) is 0 Å². The SMILES string of the molecule is Cc1cc(C(=O)NCc2ccc(OC(F)(F)F)cc2)sc1C. The summed E-state index contributed by atoms with van der Waals surface area (Å²) in [7, 11) is 0. The number of carbonyl (C=O) groups is 1. The molecule has 1 aromatic carbocycles. The van der Waals surface area contributed by atoms with Gasteiger partial charge in [0, 0.05) is 11.4 Å². The molecule has 7 heteroatoms. The first kappa shape index (κ1) is 16.4. The largest absolute Gasteiger partial charge is 0.573 e. The maximum Gasteiger partial charge on any atom is 0.573 e. The van der Waals surface area contributed by atoms with Crippen LogP contribution in [0.25, 0.3) is 0 Å². The third-order valence-electron chi connectivity index (χ3n) is 3.00. The second-order valence-electron chi connectivity index (χ2n) is 4.72. The van der Waals surface area contributed by atoms with Gasteiger partial charge < -0.3 is 10.1 Å². The van der Waals surface area contributed by atoms with Crippen LogP contribution in [0.15, 0.2) is 30.3 Å². The zero-order valence-electron chi connectivity index (χ0n) is 12.0. The summed E-state index contributed by atoms with van der Waals surface area (Å²) >= 11 is 1.41. The standard InChI is InChI=1S/C15H14F3NO2S/c1-9-7-13(22-10(9)2)14(20)19-8-11-3-5-12(6-4-11)21-15(16,17)18/h3-7H,8H2,1-2H3,(H,19,20). The number of hydrogen-bond acceptors (Lipinski definition) is 3. The summed E-state index contributed by atoms with van der Waals surface area (Å²) in [6.45, 7) is 4.11. The van der Waals surface area contributed by atoms with Crippen LogP contribution in [0.3, 0.4) is 0 Å². The Labute approximate surface area is 129 Å². The van der Waals surface area contributed by atoms with Crippen molar-refractivity contribution in [1.29, 1.82) is 0 Å². The highest BCUT2D eigenvalue weighted by atomic mass is 32.1. The summed E-state index contributed by atoms with van der Waals surface area (Å²) in [6, 6.07) is 7.21. The van der Waals surface area contributed by atoms with Crippen molar-refractivity contribution in [2.75, 3.05) is 0 Å². The van der Waals surface area contributed by atoms with Crippen LogP contribution >= 0.6 is 11.3 Å². The van der Waals surface area contributed by atoms with Gasteiger partial charge in [-0.05, 0) is 43.2 Å². The number of benzene rings is 1. The molecule has 2 aromatic rings. The van der Waals surface area contributed by atoms with Crippen LogP contribution < -0.4 is 10.1 Å². The van der Waals surface area contributed by atoms with E-state index in [4.69, 9.17) is 0 Å². The van der Waals surface area contributed by atoms with Gasteiger partial charge in [0.15, 0.2) is 0 Å². The third kappa shape index (κ3) is 4.49. The van der Waals surface area contributed by atoms with E-state index in [2.05, 4.69) is 10.1 Å². The number of aryl methyl sites for hydroxylation is 2. The van der Waals surface area contributed by atoms with Gasteiger partial charge in [0.2, 0.25) is 0 Å². The van der Waals surface area contributed by atoms with Crippen molar-refractivity contribution in [1.82, 2.24) is 5.32 Å². The number of ether oxygens (including phenoxy) is 1. The van der Waals surface area contributed by atoms with Crippen molar-refractivity contribution >= 4 is 17.2 Å². The Morgan fingerprint density at radius 3 is 2.36 bits per heavy atom. The summed E-state index contributed by atoms with van der Waals surface area (Å²) in [5.41, 5.74) is 1.75. The molecule has 0 unspecified atom stereocenters. The number of hydrogen-bond donors (Lipinski definition) is 1. The average Bonchev–Trinajstić information content (AvgIpc) is 2.76. The monoisotopic (exact) mass is 329 g/mol. The Hall–Kier alpha value is -2.02. The van der Waals surface area contributed by atoms with Crippen LogP contribution in [0, 0.1) is 13.8 Å². The van der Waals surface area contributed by atoms with Crippen molar-refractivity contribution < 1.29 is 22.7 Å². The van der Waals surface area contributed by atoms with E-state index in [0.717, 1.165) is 10.4 Å². The van der Waals surface area contributed by atoms with Crippen molar-refractivity contribution in [3.63, 3.8) is 0 Å². The van der Waals surface area contributed by atoms with E-state index in [9.17, 15) is 18.0 Å². The average molecular weight is 329 g/mol. The molecule has 1 aromatic heterocycles. The van der Waals surface area contributed by atoms with Crippen molar-refractivity contribution in [2.24, 2.45) is 0 Å². The minimum atomic E-state index is -4.70. The summed E-state index contributed by atoms with van der Waals surface area (Å²) in [5.74, 6) is -0.482.